The monoisotopic (exact) mass is 302 g/mol. The predicted octanol–water partition coefficient (Wildman–Crippen LogP) is 4.62. The van der Waals surface area contributed by atoms with Crippen molar-refractivity contribution in [1.82, 2.24) is 0 Å². The molecule has 1 aliphatic carbocycles. The Morgan fingerprint density at radius 1 is 1.33 bits per heavy atom. The Balaban J connectivity index is 2.22. The molecular formula is C16H21F3O2. The van der Waals surface area contributed by atoms with Gasteiger partial charge in [0.2, 0.25) is 0 Å². The van der Waals surface area contributed by atoms with E-state index in [0.717, 1.165) is 12.8 Å². The molecule has 1 aromatic carbocycles. The second kappa shape index (κ2) is 5.87. The van der Waals surface area contributed by atoms with Crippen LogP contribution in [0.15, 0.2) is 24.3 Å². The first-order chi connectivity index (χ1) is 9.70. The highest BCUT2D eigenvalue weighted by atomic mass is 19.4. The standard InChI is InChI=1S/C16H21F3O2/c1-11(2)12-5-4-8-15(20,10-12)13-6-3-7-14(9-13)21-16(17,18)19/h3,6-7,9,11-12,20H,4-5,8,10H2,1-2H3. The van der Waals surface area contributed by atoms with Crippen LogP contribution in [0.1, 0.15) is 45.1 Å². The molecule has 2 rings (SSSR count). The van der Waals surface area contributed by atoms with Crippen molar-refractivity contribution in [3.8, 4) is 5.75 Å². The van der Waals surface area contributed by atoms with Gasteiger partial charge in [-0.3, -0.25) is 0 Å². The Morgan fingerprint density at radius 2 is 2.05 bits per heavy atom. The van der Waals surface area contributed by atoms with Gasteiger partial charge in [0, 0.05) is 0 Å². The summed E-state index contributed by atoms with van der Waals surface area (Å²) in [5.41, 5.74) is -0.548. The van der Waals surface area contributed by atoms with Gasteiger partial charge in [0.05, 0.1) is 5.60 Å². The highest BCUT2D eigenvalue weighted by molar-refractivity contribution is 5.33. The van der Waals surface area contributed by atoms with Crippen LogP contribution in [0.5, 0.6) is 5.75 Å². The van der Waals surface area contributed by atoms with Crippen LogP contribution in [0, 0.1) is 11.8 Å². The number of halogens is 3. The lowest BCUT2D eigenvalue weighted by molar-refractivity contribution is -0.274. The van der Waals surface area contributed by atoms with E-state index in [0.29, 0.717) is 30.2 Å². The van der Waals surface area contributed by atoms with Gasteiger partial charge in [0.25, 0.3) is 0 Å². The Bertz CT molecular complexity index is 485. The summed E-state index contributed by atoms with van der Waals surface area (Å²) in [7, 11) is 0. The highest BCUT2D eigenvalue weighted by Gasteiger charge is 2.37. The lowest BCUT2D eigenvalue weighted by Gasteiger charge is -2.39. The summed E-state index contributed by atoms with van der Waals surface area (Å²) < 4.78 is 40.8. The number of rotatable bonds is 3. The van der Waals surface area contributed by atoms with E-state index in [1.165, 1.54) is 18.2 Å². The molecule has 0 radical (unpaired) electrons. The number of aliphatic hydroxyl groups is 1. The third kappa shape index (κ3) is 4.13. The Hall–Kier alpha value is -1.23. The van der Waals surface area contributed by atoms with Gasteiger partial charge in [-0.15, -0.1) is 13.2 Å². The van der Waals surface area contributed by atoms with E-state index >= 15 is 0 Å². The van der Waals surface area contributed by atoms with Crippen molar-refractivity contribution >= 4 is 0 Å². The number of hydrogen-bond acceptors (Lipinski definition) is 2. The maximum atomic E-state index is 12.3. The van der Waals surface area contributed by atoms with E-state index in [2.05, 4.69) is 18.6 Å². The summed E-state index contributed by atoms with van der Waals surface area (Å²) >= 11 is 0. The first-order valence-corrected chi connectivity index (χ1v) is 7.28. The van der Waals surface area contributed by atoms with Crippen LogP contribution in [0.2, 0.25) is 0 Å². The summed E-state index contributed by atoms with van der Waals surface area (Å²) in [6.07, 6.45) is -1.62. The zero-order valence-electron chi connectivity index (χ0n) is 12.3. The normalized spacial score (nSPS) is 26.9. The van der Waals surface area contributed by atoms with E-state index in [1.54, 1.807) is 6.07 Å². The van der Waals surface area contributed by atoms with Gasteiger partial charge in [-0.05, 0) is 55.2 Å². The van der Waals surface area contributed by atoms with Crippen molar-refractivity contribution in [2.24, 2.45) is 11.8 Å². The van der Waals surface area contributed by atoms with Gasteiger partial charge in [0.15, 0.2) is 0 Å². The summed E-state index contributed by atoms with van der Waals surface area (Å²) in [5.74, 6) is 0.558. The molecule has 21 heavy (non-hydrogen) atoms. The first kappa shape index (κ1) is 16.1. The zero-order chi connectivity index (χ0) is 15.7. The molecule has 1 aliphatic rings. The predicted molar refractivity (Wildman–Crippen MR) is 73.8 cm³/mol. The minimum Gasteiger partial charge on any atom is -0.406 e. The second-order valence-electron chi connectivity index (χ2n) is 6.21. The quantitative estimate of drug-likeness (QED) is 0.883. The van der Waals surface area contributed by atoms with Gasteiger partial charge < -0.3 is 9.84 Å². The molecule has 5 heteroatoms. The molecule has 1 saturated carbocycles. The molecule has 0 saturated heterocycles. The molecule has 1 N–H and O–H groups in total. The van der Waals surface area contributed by atoms with Gasteiger partial charge in [-0.1, -0.05) is 26.0 Å². The van der Waals surface area contributed by atoms with E-state index in [4.69, 9.17) is 0 Å². The van der Waals surface area contributed by atoms with Crippen molar-refractivity contribution in [2.45, 2.75) is 51.5 Å². The topological polar surface area (TPSA) is 29.5 Å². The molecule has 2 atom stereocenters. The summed E-state index contributed by atoms with van der Waals surface area (Å²) in [5, 5.41) is 10.8. The maximum absolute atomic E-state index is 12.3. The van der Waals surface area contributed by atoms with Crippen molar-refractivity contribution in [2.75, 3.05) is 0 Å². The van der Waals surface area contributed by atoms with Crippen molar-refractivity contribution < 1.29 is 23.0 Å². The number of ether oxygens (including phenoxy) is 1. The molecule has 2 unspecified atom stereocenters. The van der Waals surface area contributed by atoms with Crippen LogP contribution in [0.25, 0.3) is 0 Å². The van der Waals surface area contributed by atoms with E-state index in [1.807, 2.05) is 0 Å². The SMILES string of the molecule is CC(C)C1CCCC(O)(c2cccc(OC(F)(F)F)c2)C1. The fourth-order valence-corrected chi connectivity index (χ4v) is 3.11. The molecule has 0 spiro atoms. The van der Waals surface area contributed by atoms with Crippen LogP contribution in [0.4, 0.5) is 13.2 Å². The fourth-order valence-electron chi connectivity index (χ4n) is 3.11. The van der Waals surface area contributed by atoms with E-state index < -0.39 is 12.0 Å². The van der Waals surface area contributed by atoms with Crippen LogP contribution >= 0.6 is 0 Å². The average Bonchev–Trinajstić information content (AvgIpc) is 2.37. The molecule has 0 aliphatic heterocycles. The van der Waals surface area contributed by atoms with Crippen LogP contribution in [0.3, 0.4) is 0 Å². The minimum absolute atomic E-state index is 0.278. The molecule has 2 nitrogen and oxygen atoms in total. The molecule has 1 aromatic rings. The van der Waals surface area contributed by atoms with Crippen LogP contribution in [-0.2, 0) is 5.60 Å². The third-order valence-electron chi connectivity index (χ3n) is 4.31. The number of hydrogen-bond donors (Lipinski definition) is 1. The largest absolute Gasteiger partial charge is 0.573 e. The maximum Gasteiger partial charge on any atom is 0.573 e. The zero-order valence-corrected chi connectivity index (χ0v) is 12.3. The summed E-state index contributed by atoms with van der Waals surface area (Å²) in [6, 6.07) is 5.72. The van der Waals surface area contributed by atoms with E-state index in [9.17, 15) is 18.3 Å². The van der Waals surface area contributed by atoms with Gasteiger partial charge >= 0.3 is 6.36 Å². The Kier molecular flexibility index (Phi) is 4.51. The third-order valence-corrected chi connectivity index (χ3v) is 4.31. The lowest BCUT2D eigenvalue weighted by atomic mass is 9.71. The molecule has 0 amide bonds. The lowest BCUT2D eigenvalue weighted by Crippen LogP contribution is -2.34. The summed E-state index contributed by atoms with van der Waals surface area (Å²) in [4.78, 5) is 0. The smallest absolute Gasteiger partial charge is 0.406 e. The van der Waals surface area contributed by atoms with Crippen LogP contribution < -0.4 is 4.74 Å². The number of alkyl halides is 3. The first-order valence-electron chi connectivity index (χ1n) is 7.28. The van der Waals surface area contributed by atoms with Gasteiger partial charge in [-0.2, -0.15) is 0 Å². The molecule has 0 heterocycles. The molecule has 0 bridgehead atoms. The Morgan fingerprint density at radius 3 is 2.67 bits per heavy atom. The molecule has 0 aromatic heterocycles. The summed E-state index contributed by atoms with van der Waals surface area (Å²) in [6.45, 7) is 4.22. The molecule has 1 fully saturated rings. The van der Waals surface area contributed by atoms with Gasteiger partial charge in [0.1, 0.15) is 5.75 Å². The number of benzene rings is 1. The van der Waals surface area contributed by atoms with Gasteiger partial charge in [-0.25, -0.2) is 0 Å². The fraction of sp³-hybridized carbons (Fsp3) is 0.625. The minimum atomic E-state index is -4.71. The molecule has 118 valence electrons. The van der Waals surface area contributed by atoms with Crippen molar-refractivity contribution in [1.29, 1.82) is 0 Å². The van der Waals surface area contributed by atoms with Crippen molar-refractivity contribution in [3.05, 3.63) is 29.8 Å². The van der Waals surface area contributed by atoms with E-state index in [-0.39, 0.29) is 5.75 Å². The second-order valence-corrected chi connectivity index (χ2v) is 6.21. The Labute approximate surface area is 122 Å². The molecular weight excluding hydrogens is 281 g/mol. The average molecular weight is 302 g/mol. The van der Waals surface area contributed by atoms with Crippen molar-refractivity contribution in [3.63, 3.8) is 0 Å². The highest BCUT2D eigenvalue weighted by Crippen LogP contribution is 2.43. The van der Waals surface area contributed by atoms with Crippen LogP contribution in [-0.4, -0.2) is 11.5 Å².